The molecule has 0 aliphatic rings. The Morgan fingerprint density at radius 2 is 1.80 bits per heavy atom. The molecular weight excluding hydrogens is 312 g/mol. The van der Waals surface area contributed by atoms with Crippen LogP contribution in [0, 0.1) is 6.92 Å². The van der Waals surface area contributed by atoms with Crippen molar-refractivity contribution in [2.24, 2.45) is 0 Å². The molecule has 1 heterocycles. The third kappa shape index (κ3) is 4.53. The van der Waals surface area contributed by atoms with Gasteiger partial charge in [-0.3, -0.25) is 4.90 Å². The van der Waals surface area contributed by atoms with Crippen molar-refractivity contribution in [1.82, 2.24) is 19.9 Å². The number of aryl methyl sites for hydroxylation is 1. The van der Waals surface area contributed by atoms with Crippen molar-refractivity contribution in [3.63, 3.8) is 0 Å². The average molecular weight is 336 g/mol. The second kappa shape index (κ2) is 8.05. The minimum absolute atomic E-state index is 0.0481. The Bertz CT molecular complexity index is 783. The van der Waals surface area contributed by atoms with E-state index in [2.05, 4.69) is 46.4 Å². The number of hydrogen-bond acceptors (Lipinski definition) is 4. The van der Waals surface area contributed by atoms with Crippen LogP contribution in [-0.2, 0) is 13.0 Å². The Labute approximate surface area is 148 Å². The van der Waals surface area contributed by atoms with E-state index in [-0.39, 0.29) is 12.6 Å². The molecule has 25 heavy (non-hydrogen) atoms. The fraction of sp³-hybridized carbons (Fsp3) is 0.300. The lowest BCUT2D eigenvalue weighted by molar-refractivity contribution is 0.140. The molecule has 130 valence electrons. The van der Waals surface area contributed by atoms with Gasteiger partial charge in [-0.05, 0) is 38.1 Å². The molecule has 5 heteroatoms. The van der Waals surface area contributed by atoms with E-state index in [1.165, 1.54) is 11.1 Å². The molecule has 1 N–H and O–H groups in total. The van der Waals surface area contributed by atoms with E-state index >= 15 is 0 Å². The largest absolute Gasteiger partial charge is 0.395 e. The summed E-state index contributed by atoms with van der Waals surface area (Å²) in [6.45, 7) is 2.81. The number of aliphatic hydroxyl groups excluding tert-OH is 1. The number of aromatic nitrogens is 3. The Morgan fingerprint density at radius 1 is 1.08 bits per heavy atom. The zero-order chi connectivity index (χ0) is 17.6. The predicted molar refractivity (Wildman–Crippen MR) is 98.6 cm³/mol. The first-order chi connectivity index (χ1) is 12.2. The highest BCUT2D eigenvalue weighted by Gasteiger charge is 2.16. The first-order valence-corrected chi connectivity index (χ1v) is 8.49. The van der Waals surface area contributed by atoms with E-state index in [9.17, 15) is 5.11 Å². The number of nitrogens with zero attached hydrogens (tertiary/aromatic N) is 4. The summed E-state index contributed by atoms with van der Waals surface area (Å²) in [6.07, 6.45) is 2.75. The molecule has 1 unspecified atom stereocenters. The maximum Gasteiger partial charge on any atom is 0.0971 e. The van der Waals surface area contributed by atoms with Crippen LogP contribution in [0.1, 0.15) is 16.8 Å². The van der Waals surface area contributed by atoms with Crippen molar-refractivity contribution in [1.29, 1.82) is 0 Å². The molecule has 5 nitrogen and oxygen atoms in total. The zero-order valence-electron chi connectivity index (χ0n) is 14.7. The van der Waals surface area contributed by atoms with Crippen LogP contribution in [0.25, 0.3) is 5.69 Å². The van der Waals surface area contributed by atoms with Gasteiger partial charge in [0.05, 0.1) is 24.2 Å². The molecule has 0 saturated carbocycles. The second-order valence-corrected chi connectivity index (χ2v) is 6.43. The third-order valence-corrected chi connectivity index (χ3v) is 4.40. The number of likely N-dealkylation sites (N-methyl/N-ethyl adjacent to an activating group) is 1. The Balaban J connectivity index is 1.65. The number of benzene rings is 2. The summed E-state index contributed by atoms with van der Waals surface area (Å²) >= 11 is 0. The topological polar surface area (TPSA) is 54.2 Å². The molecule has 1 aromatic heterocycles. The SMILES string of the molecule is Cc1ccc(-n2cc(CN(C)C(CO)Cc3ccccc3)nn2)cc1. The van der Waals surface area contributed by atoms with Crippen LogP contribution in [0.3, 0.4) is 0 Å². The van der Waals surface area contributed by atoms with Crippen molar-refractivity contribution in [2.75, 3.05) is 13.7 Å². The molecule has 0 fully saturated rings. The van der Waals surface area contributed by atoms with Crippen molar-refractivity contribution in [2.45, 2.75) is 25.9 Å². The first-order valence-electron chi connectivity index (χ1n) is 8.49. The molecule has 0 amide bonds. The van der Waals surface area contributed by atoms with Gasteiger partial charge in [0.15, 0.2) is 0 Å². The summed E-state index contributed by atoms with van der Waals surface area (Å²) in [5, 5.41) is 18.2. The summed E-state index contributed by atoms with van der Waals surface area (Å²) < 4.78 is 1.79. The maximum atomic E-state index is 9.76. The summed E-state index contributed by atoms with van der Waals surface area (Å²) in [5.74, 6) is 0. The smallest absolute Gasteiger partial charge is 0.0971 e. The molecule has 2 aromatic carbocycles. The van der Waals surface area contributed by atoms with Gasteiger partial charge >= 0.3 is 0 Å². The molecule has 0 spiro atoms. The molecule has 0 aliphatic carbocycles. The molecule has 1 atom stereocenters. The van der Waals surface area contributed by atoms with E-state index in [1.54, 1.807) is 4.68 Å². The summed E-state index contributed by atoms with van der Waals surface area (Å²) in [5.41, 5.74) is 4.32. The highest BCUT2D eigenvalue weighted by atomic mass is 16.3. The zero-order valence-corrected chi connectivity index (χ0v) is 14.7. The molecule has 0 saturated heterocycles. The van der Waals surface area contributed by atoms with Crippen LogP contribution in [0.5, 0.6) is 0 Å². The van der Waals surface area contributed by atoms with Gasteiger partial charge in [0.25, 0.3) is 0 Å². The Hall–Kier alpha value is -2.50. The normalized spacial score (nSPS) is 12.5. The van der Waals surface area contributed by atoms with Gasteiger partial charge < -0.3 is 5.11 Å². The molecule has 3 rings (SSSR count). The standard InChI is InChI=1S/C20H24N4O/c1-16-8-10-19(11-9-16)24-14-18(21-22-24)13-23(2)20(15-25)12-17-6-4-3-5-7-17/h3-11,14,20,25H,12-13,15H2,1-2H3. The quantitative estimate of drug-likeness (QED) is 0.721. The summed E-state index contributed by atoms with van der Waals surface area (Å²) in [4.78, 5) is 2.12. The fourth-order valence-electron chi connectivity index (χ4n) is 2.83. The van der Waals surface area contributed by atoms with E-state index in [1.807, 2.05) is 43.6 Å². The van der Waals surface area contributed by atoms with Crippen LogP contribution < -0.4 is 0 Å². The first kappa shape index (κ1) is 17.3. The van der Waals surface area contributed by atoms with Gasteiger partial charge in [-0.1, -0.05) is 53.2 Å². The number of aliphatic hydroxyl groups is 1. The lowest BCUT2D eigenvalue weighted by atomic mass is 10.1. The Morgan fingerprint density at radius 3 is 2.48 bits per heavy atom. The van der Waals surface area contributed by atoms with Crippen LogP contribution in [0.15, 0.2) is 60.8 Å². The molecular formula is C20H24N4O. The summed E-state index contributed by atoms with van der Waals surface area (Å²) in [7, 11) is 2.01. The number of rotatable bonds is 7. The maximum absolute atomic E-state index is 9.76. The molecule has 0 radical (unpaired) electrons. The highest BCUT2D eigenvalue weighted by Crippen LogP contribution is 2.12. The monoisotopic (exact) mass is 336 g/mol. The van der Waals surface area contributed by atoms with E-state index in [0.717, 1.165) is 17.8 Å². The van der Waals surface area contributed by atoms with Crippen LogP contribution in [0.4, 0.5) is 0 Å². The van der Waals surface area contributed by atoms with Gasteiger partial charge in [0.1, 0.15) is 0 Å². The van der Waals surface area contributed by atoms with Gasteiger partial charge in [0, 0.05) is 12.6 Å². The van der Waals surface area contributed by atoms with Gasteiger partial charge in [0.2, 0.25) is 0 Å². The van der Waals surface area contributed by atoms with Crippen LogP contribution >= 0.6 is 0 Å². The van der Waals surface area contributed by atoms with Crippen molar-refractivity contribution in [3.05, 3.63) is 77.6 Å². The number of hydrogen-bond donors (Lipinski definition) is 1. The van der Waals surface area contributed by atoms with Crippen molar-refractivity contribution < 1.29 is 5.11 Å². The highest BCUT2D eigenvalue weighted by molar-refractivity contribution is 5.33. The average Bonchev–Trinajstić information content (AvgIpc) is 3.09. The van der Waals surface area contributed by atoms with Crippen LogP contribution in [-0.4, -0.2) is 44.7 Å². The van der Waals surface area contributed by atoms with Gasteiger partial charge in [-0.15, -0.1) is 5.10 Å². The third-order valence-electron chi connectivity index (χ3n) is 4.40. The molecule has 3 aromatic rings. The molecule has 0 aliphatic heterocycles. The van der Waals surface area contributed by atoms with Crippen molar-refractivity contribution >= 4 is 0 Å². The second-order valence-electron chi connectivity index (χ2n) is 6.43. The van der Waals surface area contributed by atoms with Gasteiger partial charge in [-0.25, -0.2) is 4.68 Å². The van der Waals surface area contributed by atoms with E-state index in [0.29, 0.717) is 6.54 Å². The fourth-order valence-corrected chi connectivity index (χ4v) is 2.83. The predicted octanol–water partition coefficient (Wildman–Crippen LogP) is 2.61. The minimum Gasteiger partial charge on any atom is -0.395 e. The van der Waals surface area contributed by atoms with E-state index < -0.39 is 0 Å². The molecule has 0 bridgehead atoms. The van der Waals surface area contributed by atoms with Gasteiger partial charge in [-0.2, -0.15) is 0 Å². The van der Waals surface area contributed by atoms with E-state index in [4.69, 9.17) is 0 Å². The van der Waals surface area contributed by atoms with Crippen LogP contribution in [0.2, 0.25) is 0 Å². The Kier molecular flexibility index (Phi) is 5.58. The minimum atomic E-state index is 0.0481. The lowest BCUT2D eigenvalue weighted by Gasteiger charge is -2.25. The van der Waals surface area contributed by atoms with Crippen molar-refractivity contribution in [3.8, 4) is 5.69 Å². The lowest BCUT2D eigenvalue weighted by Crippen LogP contribution is -2.36. The summed E-state index contributed by atoms with van der Waals surface area (Å²) in [6, 6.07) is 18.5.